The van der Waals surface area contributed by atoms with Gasteiger partial charge in [0.25, 0.3) is 0 Å². The van der Waals surface area contributed by atoms with Gasteiger partial charge >= 0.3 is 5.97 Å². The second kappa shape index (κ2) is 7.88. The number of nitrogens with one attached hydrogen (secondary N) is 1. The van der Waals surface area contributed by atoms with Crippen LogP contribution in [0.4, 0.5) is 0 Å². The lowest BCUT2D eigenvalue weighted by Gasteiger charge is -2.19. The highest BCUT2D eigenvalue weighted by Gasteiger charge is 2.24. The topological polar surface area (TPSA) is 55.4 Å². The minimum absolute atomic E-state index is 0.395. The molecule has 2 rings (SSSR count). The van der Waals surface area contributed by atoms with E-state index in [4.69, 9.17) is 4.84 Å². The number of hydrogen-bond acceptors (Lipinski definition) is 4. The molecule has 4 nitrogen and oxygen atoms in total. The molecule has 0 aromatic heterocycles. The normalized spacial score (nSPS) is 12.5. The molecule has 1 atom stereocenters. The number of carbonyl (C=O) groups is 2. The van der Waals surface area contributed by atoms with Gasteiger partial charge in [-0.25, -0.2) is 4.79 Å². The second-order valence-electron chi connectivity index (χ2n) is 6.77. The van der Waals surface area contributed by atoms with Crippen LogP contribution in [-0.4, -0.2) is 18.3 Å². The third-order valence-electron chi connectivity index (χ3n) is 3.60. The molecule has 0 heterocycles. The summed E-state index contributed by atoms with van der Waals surface area (Å²) >= 11 is 0. The lowest BCUT2D eigenvalue weighted by Crippen LogP contribution is -2.38. The lowest BCUT2D eigenvalue weighted by atomic mass is 9.98. The van der Waals surface area contributed by atoms with Crippen molar-refractivity contribution in [3.63, 3.8) is 0 Å². The molecule has 0 radical (unpaired) electrons. The van der Waals surface area contributed by atoms with Crippen molar-refractivity contribution in [2.45, 2.75) is 33.2 Å². The molecule has 2 aromatic rings. The molecule has 0 saturated carbocycles. The Bertz CT molecular complexity index is 672. The minimum atomic E-state index is -0.613. The molecule has 0 spiro atoms. The number of carbonyl (C=O) groups excluding carboxylic acids is 2. The van der Waals surface area contributed by atoms with E-state index in [1.807, 2.05) is 42.5 Å². The zero-order valence-corrected chi connectivity index (χ0v) is 14.3. The highest BCUT2D eigenvalue weighted by Crippen LogP contribution is 2.20. The predicted octanol–water partition coefficient (Wildman–Crippen LogP) is 3.56. The molecule has 0 bridgehead atoms. The summed E-state index contributed by atoms with van der Waals surface area (Å²) in [6, 6.07) is 17.5. The Balaban J connectivity index is 1.96. The fourth-order valence-corrected chi connectivity index (χ4v) is 2.12. The first-order valence-electron chi connectivity index (χ1n) is 7.96. The fraction of sp³-hybridized carbons (Fsp3) is 0.300. The molecule has 0 fully saturated rings. The number of aldehydes is 1. The van der Waals surface area contributed by atoms with E-state index in [0.717, 1.165) is 23.0 Å². The number of hydroxylamine groups is 1. The smallest absolute Gasteiger partial charge is 0.330 e. The largest absolute Gasteiger partial charge is 0.369 e. The molecule has 126 valence electrons. The van der Waals surface area contributed by atoms with Crippen LogP contribution >= 0.6 is 0 Å². The first-order chi connectivity index (χ1) is 11.4. The van der Waals surface area contributed by atoms with Crippen molar-refractivity contribution in [2.75, 3.05) is 0 Å². The van der Waals surface area contributed by atoms with Gasteiger partial charge in [-0.2, -0.15) is 0 Å². The SMILES string of the molecule is CC(C)(C)C(=O)ON[C@@H](C=O)Cc1ccc(-c2ccccc2)cc1. The zero-order chi connectivity index (χ0) is 17.6. The van der Waals surface area contributed by atoms with Crippen LogP contribution in [0.1, 0.15) is 26.3 Å². The summed E-state index contributed by atoms with van der Waals surface area (Å²) in [6.45, 7) is 5.28. The molecular weight excluding hydrogens is 302 g/mol. The Morgan fingerprint density at radius 3 is 2.17 bits per heavy atom. The van der Waals surface area contributed by atoms with E-state index in [1.54, 1.807) is 20.8 Å². The van der Waals surface area contributed by atoms with Gasteiger partial charge in [-0.15, -0.1) is 5.48 Å². The van der Waals surface area contributed by atoms with E-state index < -0.39 is 17.4 Å². The maximum atomic E-state index is 11.7. The standard InChI is InChI=1S/C20H23NO3/c1-20(2,3)19(23)24-21-18(14-22)13-15-9-11-17(12-10-15)16-7-5-4-6-8-16/h4-12,14,18,21H,13H2,1-3H3/t18-/m1/s1. The van der Waals surface area contributed by atoms with Crippen molar-refractivity contribution in [1.29, 1.82) is 0 Å². The maximum Gasteiger partial charge on any atom is 0.330 e. The summed E-state index contributed by atoms with van der Waals surface area (Å²) in [5.41, 5.74) is 5.20. The highest BCUT2D eigenvalue weighted by molar-refractivity contribution is 5.75. The summed E-state index contributed by atoms with van der Waals surface area (Å²) in [5, 5.41) is 0. The van der Waals surface area contributed by atoms with Crippen molar-refractivity contribution < 1.29 is 14.4 Å². The van der Waals surface area contributed by atoms with Gasteiger partial charge in [0.2, 0.25) is 0 Å². The molecular formula is C20H23NO3. The third-order valence-corrected chi connectivity index (χ3v) is 3.60. The highest BCUT2D eigenvalue weighted by atomic mass is 16.7. The number of rotatable bonds is 6. The maximum absolute atomic E-state index is 11.7. The van der Waals surface area contributed by atoms with E-state index in [0.29, 0.717) is 6.42 Å². The van der Waals surface area contributed by atoms with Crippen LogP contribution in [-0.2, 0) is 20.8 Å². The number of benzene rings is 2. The lowest BCUT2D eigenvalue weighted by molar-refractivity contribution is -0.162. The minimum Gasteiger partial charge on any atom is -0.369 e. The number of hydrogen-bond donors (Lipinski definition) is 1. The van der Waals surface area contributed by atoms with Gasteiger partial charge in [0, 0.05) is 0 Å². The molecule has 0 aliphatic carbocycles. The Morgan fingerprint density at radius 2 is 1.62 bits per heavy atom. The van der Waals surface area contributed by atoms with Crippen molar-refractivity contribution in [3.05, 3.63) is 60.2 Å². The van der Waals surface area contributed by atoms with Gasteiger partial charge in [0.1, 0.15) is 12.3 Å². The summed E-state index contributed by atoms with van der Waals surface area (Å²) < 4.78 is 0. The first kappa shape index (κ1) is 17.9. The predicted molar refractivity (Wildman–Crippen MR) is 94.1 cm³/mol. The Morgan fingerprint density at radius 1 is 1.04 bits per heavy atom. The van der Waals surface area contributed by atoms with Crippen LogP contribution in [0.15, 0.2) is 54.6 Å². The van der Waals surface area contributed by atoms with E-state index in [1.165, 1.54) is 0 Å². The monoisotopic (exact) mass is 325 g/mol. The van der Waals surface area contributed by atoms with Gasteiger partial charge < -0.3 is 9.63 Å². The summed E-state index contributed by atoms with van der Waals surface area (Å²) in [4.78, 5) is 27.9. The second-order valence-corrected chi connectivity index (χ2v) is 6.77. The Hall–Kier alpha value is -2.46. The third kappa shape index (κ3) is 5.03. The molecule has 1 N–H and O–H groups in total. The van der Waals surface area contributed by atoms with E-state index in [9.17, 15) is 9.59 Å². The Labute approximate surface area is 142 Å². The average Bonchev–Trinajstić information content (AvgIpc) is 2.58. The molecule has 24 heavy (non-hydrogen) atoms. The van der Waals surface area contributed by atoms with Crippen molar-refractivity contribution >= 4 is 12.3 Å². The van der Waals surface area contributed by atoms with Gasteiger partial charge in [0.15, 0.2) is 0 Å². The molecule has 0 aliphatic rings. The van der Waals surface area contributed by atoms with Crippen LogP contribution in [0.5, 0.6) is 0 Å². The molecule has 0 amide bonds. The Kier molecular flexibility index (Phi) is 5.88. The molecule has 0 aliphatic heterocycles. The van der Waals surface area contributed by atoms with Crippen LogP contribution in [0.25, 0.3) is 11.1 Å². The van der Waals surface area contributed by atoms with E-state index in [2.05, 4.69) is 17.6 Å². The van der Waals surface area contributed by atoms with Gasteiger partial charge in [-0.3, -0.25) is 0 Å². The quantitative estimate of drug-likeness (QED) is 0.652. The van der Waals surface area contributed by atoms with E-state index in [-0.39, 0.29) is 0 Å². The molecule has 0 saturated heterocycles. The van der Waals surface area contributed by atoms with Gasteiger partial charge in [-0.1, -0.05) is 54.6 Å². The van der Waals surface area contributed by atoms with Crippen LogP contribution in [0, 0.1) is 5.41 Å². The molecule has 2 aromatic carbocycles. The van der Waals surface area contributed by atoms with Crippen molar-refractivity contribution in [3.8, 4) is 11.1 Å². The van der Waals surface area contributed by atoms with Crippen LogP contribution in [0.2, 0.25) is 0 Å². The van der Waals surface area contributed by atoms with Crippen molar-refractivity contribution in [2.24, 2.45) is 5.41 Å². The summed E-state index contributed by atoms with van der Waals surface area (Å²) in [5.74, 6) is -0.395. The van der Waals surface area contributed by atoms with Gasteiger partial charge in [-0.05, 0) is 43.9 Å². The van der Waals surface area contributed by atoms with Crippen molar-refractivity contribution in [1.82, 2.24) is 5.48 Å². The average molecular weight is 325 g/mol. The van der Waals surface area contributed by atoms with E-state index >= 15 is 0 Å². The van der Waals surface area contributed by atoms with Gasteiger partial charge in [0.05, 0.1) is 5.41 Å². The first-order valence-corrected chi connectivity index (χ1v) is 7.96. The fourth-order valence-electron chi connectivity index (χ4n) is 2.12. The van der Waals surface area contributed by atoms with Crippen LogP contribution in [0.3, 0.4) is 0 Å². The summed E-state index contributed by atoms with van der Waals surface area (Å²) in [7, 11) is 0. The summed E-state index contributed by atoms with van der Waals surface area (Å²) in [6.07, 6.45) is 1.21. The molecule has 0 unspecified atom stereocenters. The zero-order valence-electron chi connectivity index (χ0n) is 14.3. The van der Waals surface area contributed by atoms with Crippen LogP contribution < -0.4 is 5.48 Å². The molecule has 4 heteroatoms.